The molecule has 27 nitrogen and oxygen atoms in total. The first kappa shape index (κ1) is 95.0. The Hall–Kier alpha value is -9.67. The van der Waals surface area contributed by atoms with Gasteiger partial charge in [-0.25, -0.2) is 4.39 Å². The van der Waals surface area contributed by atoms with Crippen LogP contribution in [0.3, 0.4) is 0 Å². The zero-order valence-electron chi connectivity index (χ0n) is 73.7. The van der Waals surface area contributed by atoms with Gasteiger partial charge in [0.15, 0.2) is 0 Å². The Kier molecular flexibility index (Phi) is 31.9. The molecule has 4 aliphatic rings. The molecule has 4 aromatic heterocycles. The molecule has 4 amide bonds. The van der Waals surface area contributed by atoms with Crippen LogP contribution >= 0.6 is 0 Å². The molecule has 4 aliphatic carbocycles. The van der Waals surface area contributed by atoms with Crippen molar-refractivity contribution in [2.24, 2.45) is 0 Å². The number of carbonyl (C=O) groups is 4. The van der Waals surface area contributed by atoms with Crippen molar-refractivity contribution < 1.29 is 88.2 Å². The van der Waals surface area contributed by atoms with Crippen LogP contribution in [0.2, 0.25) is 0 Å². The van der Waals surface area contributed by atoms with Crippen LogP contribution in [0, 0.1) is 5.82 Å². The smallest absolute Gasteiger partial charge is 0.264 e. The summed E-state index contributed by atoms with van der Waals surface area (Å²) < 4.78 is 151. The average molecular weight is 1790 g/mol. The Morgan fingerprint density at radius 1 is 0.387 bits per heavy atom. The molecule has 0 N–H and O–H groups in total. The van der Waals surface area contributed by atoms with Gasteiger partial charge in [-0.3, -0.25) is 35.9 Å². The fourth-order valence-corrected chi connectivity index (χ4v) is 20.1. The number of benzene rings is 6. The first-order chi connectivity index (χ1) is 59.2. The number of methoxy groups -OCH3 is 3. The molecule has 6 aromatic carbocycles. The number of halogens is 1. The van der Waals surface area contributed by atoms with Crippen LogP contribution in [0.1, 0.15) is 161 Å². The number of aromatic nitrogens is 4. The maximum absolute atomic E-state index is 14.0. The van der Waals surface area contributed by atoms with E-state index in [-0.39, 0.29) is 79.5 Å². The van der Waals surface area contributed by atoms with Crippen LogP contribution < -0.4 is 14.2 Å². The third-order valence-electron chi connectivity index (χ3n) is 23.9. The number of hydrogen-bond acceptors (Lipinski definition) is 19. The van der Waals surface area contributed by atoms with Gasteiger partial charge in [0.1, 0.15) is 23.1 Å². The third-order valence-corrected chi connectivity index (χ3v) is 26.3. The van der Waals surface area contributed by atoms with E-state index in [0.29, 0.717) is 90.7 Å². The molecule has 32 heteroatoms. The maximum atomic E-state index is 14.0. The molecule has 0 bridgehead atoms. The Bertz CT molecular complexity index is 5970. The summed E-state index contributed by atoms with van der Waals surface area (Å²) in [5.74, 6) is 1.09. The topological polar surface area (TPSA) is 302 Å². The first-order valence-corrected chi connectivity index (χ1v) is 50.0. The van der Waals surface area contributed by atoms with Crippen molar-refractivity contribution in [3.63, 3.8) is 0 Å². The van der Waals surface area contributed by atoms with Crippen molar-refractivity contribution in [1.82, 2.24) is 37.9 Å². The number of likely N-dealkylation sites (N-methyl/N-ethyl adjacent to an activating group) is 4. The highest BCUT2D eigenvalue weighted by Crippen LogP contribution is 2.51. The van der Waals surface area contributed by atoms with Gasteiger partial charge in [0.05, 0.1) is 119 Å². The molecule has 14 rings (SSSR count). The molecule has 0 fully saturated rings. The van der Waals surface area contributed by atoms with Gasteiger partial charge in [0.25, 0.3) is 40.5 Å². The van der Waals surface area contributed by atoms with Gasteiger partial charge in [-0.15, -0.1) is 0 Å². The Morgan fingerprint density at radius 2 is 0.734 bits per heavy atom. The highest BCUT2D eigenvalue weighted by molar-refractivity contribution is 7.86. The van der Waals surface area contributed by atoms with E-state index in [9.17, 15) is 57.2 Å². The highest BCUT2D eigenvalue weighted by atomic mass is 32.2. The normalized spacial score (nSPS) is 16.1. The van der Waals surface area contributed by atoms with Crippen molar-refractivity contribution in [3.8, 4) is 28.5 Å². The monoisotopic (exact) mass is 1790 g/mol. The predicted octanol–water partition coefficient (Wildman–Crippen LogP) is 13.9. The van der Waals surface area contributed by atoms with Crippen molar-refractivity contribution in [2.45, 2.75) is 169 Å². The van der Waals surface area contributed by atoms with E-state index >= 15 is 0 Å². The predicted molar refractivity (Wildman–Crippen MR) is 481 cm³/mol. The van der Waals surface area contributed by atoms with Crippen LogP contribution in [0.15, 0.2) is 127 Å². The second kappa shape index (κ2) is 41.6. The molecule has 10 aromatic rings. The third kappa shape index (κ3) is 21.5. The van der Waals surface area contributed by atoms with E-state index in [1.54, 1.807) is 27.4 Å². The Labute approximate surface area is 729 Å². The van der Waals surface area contributed by atoms with Gasteiger partial charge in [-0.2, -0.15) is 33.7 Å². The van der Waals surface area contributed by atoms with Gasteiger partial charge in [0, 0.05) is 134 Å². The minimum absolute atomic E-state index is 0.00108. The van der Waals surface area contributed by atoms with Crippen molar-refractivity contribution in [1.29, 1.82) is 0 Å². The van der Waals surface area contributed by atoms with Crippen LogP contribution in [0.4, 0.5) is 4.39 Å². The second-order valence-electron chi connectivity index (χ2n) is 31.4. The summed E-state index contributed by atoms with van der Waals surface area (Å²) in [4.78, 5) is 61.5. The number of fused-ring (bicyclic) bond motifs is 14. The van der Waals surface area contributed by atoms with Crippen LogP contribution in [0.25, 0.3) is 54.9 Å². The summed E-state index contributed by atoms with van der Waals surface area (Å²) in [7, 11) is -9.24. The molecule has 0 aliphatic heterocycles. The summed E-state index contributed by atoms with van der Waals surface area (Å²) in [6, 6.07) is 40.2. The van der Waals surface area contributed by atoms with E-state index in [0.717, 1.165) is 200 Å². The fourth-order valence-electron chi connectivity index (χ4n) is 18.6. The van der Waals surface area contributed by atoms with E-state index < -0.39 is 40.5 Å². The first-order valence-electron chi connectivity index (χ1n) is 42.7. The van der Waals surface area contributed by atoms with E-state index in [1.807, 2.05) is 170 Å². The van der Waals surface area contributed by atoms with Gasteiger partial charge >= 0.3 is 0 Å². The Balaban J connectivity index is 0.000000161. The number of rotatable bonds is 32. The summed E-state index contributed by atoms with van der Waals surface area (Å²) >= 11 is 0. The molecular weight excluding hydrogens is 1670 g/mol. The highest BCUT2D eigenvalue weighted by Gasteiger charge is 2.41. The molecule has 0 saturated heterocycles. The molecule has 0 spiro atoms. The van der Waals surface area contributed by atoms with Crippen LogP contribution in [-0.2, 0) is 135 Å². The van der Waals surface area contributed by atoms with E-state index in [4.69, 9.17) is 30.9 Å². The second-order valence-corrected chi connectivity index (χ2v) is 38.0. The van der Waals surface area contributed by atoms with Crippen molar-refractivity contribution >= 4 is 108 Å². The zero-order valence-corrected chi connectivity index (χ0v) is 76.9. The standard InChI is InChI=1S/C26H32N2O5S.C25H30N2O5S.C21H30N2O5S.C20H27FN2O4S/c1-4-27(18-19-10-6-5-7-11-19)26(29)20-12-8-13-21-24(20)25-22(14-9-15-23(25)32-2)28(21)16-17-33-34(3,30)31;1-5-26(6-2)25(28)19-16-17-10-7-8-11-18(17)24-22(19)23-20(12-9-13-21(23)31-3)27(24)14-15-32-33(4,29)30;1-5-22(6-2)21(24)15-9-7-10-16-19(15)20-17(11-8-12-18(20)27-3)23(16)13-14-28-29(4,25)26;1-4-22(5-2)20(24)15-7-6-8-18-19(15)16-13-14(21)9-10-17(16)23(18)11-12-27-28(3,25)26/h5-7,9-11,14-15,20H,4,8,12-13,16-18H2,1-3H3;7-13,19H,5-6,14-16H2,1-4H3;8,11-12,15H,5-7,9-10,13-14H2,1-4H3;9-10,13,15H,4-8,11-12H2,1-3H3. The van der Waals surface area contributed by atoms with Crippen molar-refractivity contribution in [2.75, 3.05) is 119 Å². The summed E-state index contributed by atoms with van der Waals surface area (Å²) in [6.45, 7) is 20.5. The maximum Gasteiger partial charge on any atom is 0.264 e. The van der Waals surface area contributed by atoms with Gasteiger partial charge in [-0.1, -0.05) is 72.8 Å². The lowest BCUT2D eigenvalue weighted by atomic mass is 9.80. The molecule has 4 atom stereocenters. The number of ether oxygens (including phenoxy) is 3. The fraction of sp³-hybridized carbons (Fsp3) is 0.478. The minimum Gasteiger partial charge on any atom is -0.496 e. The molecule has 4 unspecified atom stereocenters. The quantitative estimate of drug-likeness (QED) is 0.0354. The molecule has 4 heterocycles. The summed E-state index contributed by atoms with van der Waals surface area (Å²) in [5, 5.41) is 3.52. The van der Waals surface area contributed by atoms with Crippen molar-refractivity contribution in [3.05, 3.63) is 184 Å². The lowest BCUT2D eigenvalue weighted by molar-refractivity contribution is -0.134. The number of hydrogen-bond donors (Lipinski definition) is 0. The van der Waals surface area contributed by atoms with Crippen LogP contribution in [-0.4, -0.2) is 214 Å². The van der Waals surface area contributed by atoms with E-state index in [1.165, 1.54) is 12.1 Å². The van der Waals surface area contributed by atoms with Gasteiger partial charge in [-0.05, 0) is 195 Å². The van der Waals surface area contributed by atoms with E-state index in [2.05, 4.69) is 25.8 Å². The summed E-state index contributed by atoms with van der Waals surface area (Å²) in [6.07, 6.45) is 12.2. The lowest BCUT2D eigenvalue weighted by Gasteiger charge is -2.30. The largest absolute Gasteiger partial charge is 0.496 e. The zero-order chi connectivity index (χ0) is 89.7. The van der Waals surface area contributed by atoms with Gasteiger partial charge < -0.3 is 52.1 Å². The van der Waals surface area contributed by atoms with Gasteiger partial charge in [0.2, 0.25) is 23.6 Å². The Morgan fingerprint density at radius 3 is 1.14 bits per heavy atom. The number of carbonyl (C=O) groups excluding carboxylic acids is 4. The molecule has 0 radical (unpaired) electrons. The SMILES string of the molecule is CCN(CC)C(=O)C1CCCc2c1c1c(OC)cccc1n2CCOS(C)(=O)=O.CCN(CC)C(=O)C1CCCc2c1c1cc(F)ccc1n2CCOS(C)(=O)=O.CCN(CC)C(=O)C1Cc2ccccc2-c2c1c1c(OC)cccc1n2CCOS(C)(=O)=O.CCN(Cc1ccccc1)C(=O)C1CCCc2c1c1c(OC)cccc1n2CCOS(C)(=O)=O. The minimum atomic E-state index is -3.57. The number of amides is 4. The van der Waals surface area contributed by atoms with Crippen LogP contribution in [0.5, 0.6) is 17.2 Å². The molecular formula is C92H119FN8O19S4. The lowest BCUT2D eigenvalue weighted by Crippen LogP contribution is -2.36. The number of nitrogens with zero attached hydrogens (tertiary/aromatic N) is 8. The molecule has 672 valence electrons. The average Bonchev–Trinajstić information content (AvgIpc) is 1.63. The summed E-state index contributed by atoms with van der Waals surface area (Å²) in [5.41, 5.74) is 14.8. The molecule has 0 saturated carbocycles. The molecule has 124 heavy (non-hydrogen) atoms.